The molecule has 0 bridgehead atoms. The summed E-state index contributed by atoms with van der Waals surface area (Å²) in [5.74, 6) is 0. The number of hydrogen-bond acceptors (Lipinski definition) is 3. The predicted molar refractivity (Wildman–Crippen MR) is 90.4 cm³/mol. The second-order valence-corrected chi connectivity index (χ2v) is 7.27. The van der Waals surface area contributed by atoms with Crippen LogP contribution >= 0.6 is 0 Å². The smallest absolute Gasteiger partial charge is 0.744 e. The zero-order chi connectivity index (χ0) is 16.8. The van der Waals surface area contributed by atoms with Gasteiger partial charge in [0.15, 0.2) is 0 Å². The van der Waals surface area contributed by atoms with Crippen molar-refractivity contribution in [3.8, 4) is 0 Å². The van der Waals surface area contributed by atoms with E-state index in [-0.39, 0.29) is 34.5 Å². The minimum Gasteiger partial charge on any atom is -0.744 e. The quantitative estimate of drug-likeness (QED) is 0.501. The third-order valence-corrected chi connectivity index (χ3v) is 4.91. The molecular weight excluding hydrogens is 319 g/mol. The molecule has 0 N–H and O–H groups in total. The van der Waals surface area contributed by atoms with Gasteiger partial charge in [0.05, 0.1) is 4.90 Å². The Morgan fingerprint density at radius 2 is 1.22 bits per heavy atom. The van der Waals surface area contributed by atoms with Gasteiger partial charge in [-0.15, -0.1) is 0 Å². The van der Waals surface area contributed by atoms with Gasteiger partial charge in [-0.3, -0.25) is 0 Å². The van der Waals surface area contributed by atoms with Crippen molar-refractivity contribution in [2.75, 3.05) is 0 Å². The van der Waals surface area contributed by atoms with Crippen LogP contribution in [0, 0.1) is 0 Å². The fraction of sp³-hybridized carbons (Fsp3) is 0.667. The van der Waals surface area contributed by atoms with Crippen molar-refractivity contribution in [2.45, 2.75) is 84.0 Å². The van der Waals surface area contributed by atoms with Crippen LogP contribution in [-0.2, 0) is 35.8 Å². The minimum atomic E-state index is -4.42. The van der Waals surface area contributed by atoms with Crippen molar-refractivity contribution in [3.63, 3.8) is 0 Å². The van der Waals surface area contributed by atoms with Crippen LogP contribution in [0.15, 0.2) is 11.0 Å². The molecule has 1 aromatic carbocycles. The predicted octanol–water partition coefficient (Wildman–Crippen LogP) is 1.40. The molecule has 0 radical (unpaired) electrons. The topological polar surface area (TPSA) is 57.2 Å². The molecule has 23 heavy (non-hydrogen) atoms. The molecule has 1 aromatic rings. The molecular formula is C18H29NaO3S. The molecule has 0 unspecified atom stereocenters. The Kier molecular flexibility index (Phi) is 10.9. The Hall–Kier alpha value is 0.130. The standard InChI is InChI=1S/C18H30O3S.Na/c1-5-9-14-13-18(22(19,20)21)17(12-8-4)16(11-7-3)15(14)10-6-2;/h13H,5-12H2,1-4H3,(H,19,20,21);/q;+1/p-1. The summed E-state index contributed by atoms with van der Waals surface area (Å²) in [7, 11) is -4.42. The summed E-state index contributed by atoms with van der Waals surface area (Å²) in [4.78, 5) is 0.0288. The van der Waals surface area contributed by atoms with Gasteiger partial charge < -0.3 is 4.55 Å². The third kappa shape index (κ3) is 6.17. The fourth-order valence-corrected chi connectivity index (χ4v) is 4.02. The number of hydrogen-bond donors (Lipinski definition) is 0. The van der Waals surface area contributed by atoms with Gasteiger partial charge in [0.2, 0.25) is 0 Å². The van der Waals surface area contributed by atoms with Gasteiger partial charge >= 0.3 is 29.6 Å². The molecule has 0 spiro atoms. The van der Waals surface area contributed by atoms with Crippen LogP contribution < -0.4 is 29.6 Å². The van der Waals surface area contributed by atoms with E-state index in [2.05, 4.69) is 20.8 Å². The van der Waals surface area contributed by atoms with E-state index in [0.717, 1.165) is 61.6 Å². The van der Waals surface area contributed by atoms with Crippen LogP contribution in [0.5, 0.6) is 0 Å². The van der Waals surface area contributed by atoms with Crippen molar-refractivity contribution in [2.24, 2.45) is 0 Å². The van der Waals surface area contributed by atoms with Gasteiger partial charge in [-0.25, -0.2) is 8.42 Å². The Morgan fingerprint density at radius 1 is 0.783 bits per heavy atom. The van der Waals surface area contributed by atoms with E-state index in [1.54, 1.807) is 6.07 Å². The zero-order valence-electron chi connectivity index (χ0n) is 15.4. The van der Waals surface area contributed by atoms with Gasteiger partial charge in [0.25, 0.3) is 0 Å². The number of benzene rings is 1. The van der Waals surface area contributed by atoms with E-state index in [0.29, 0.717) is 6.42 Å². The Balaban J connectivity index is 0.00000484. The molecule has 1 rings (SSSR count). The van der Waals surface area contributed by atoms with E-state index in [1.165, 1.54) is 5.56 Å². The molecule has 0 aliphatic rings. The van der Waals surface area contributed by atoms with Crippen LogP contribution in [0.3, 0.4) is 0 Å². The van der Waals surface area contributed by atoms with E-state index in [9.17, 15) is 13.0 Å². The number of rotatable bonds is 9. The van der Waals surface area contributed by atoms with Gasteiger partial charge in [0.1, 0.15) is 10.1 Å². The maximum Gasteiger partial charge on any atom is 1.00 e. The van der Waals surface area contributed by atoms with E-state index in [1.807, 2.05) is 6.92 Å². The summed E-state index contributed by atoms with van der Waals surface area (Å²) < 4.78 is 35.3. The zero-order valence-corrected chi connectivity index (χ0v) is 18.2. The SMILES string of the molecule is CCCc1cc(S(=O)(=O)[O-])c(CCC)c(CCC)c1CCC.[Na+]. The summed E-state index contributed by atoms with van der Waals surface area (Å²) in [5, 5.41) is 0. The molecule has 0 saturated heterocycles. The molecule has 0 saturated carbocycles. The molecule has 0 heterocycles. The molecule has 0 aliphatic heterocycles. The maximum atomic E-state index is 11.8. The molecule has 126 valence electrons. The second kappa shape index (κ2) is 10.9. The molecule has 0 aliphatic carbocycles. The van der Waals surface area contributed by atoms with E-state index < -0.39 is 10.1 Å². The van der Waals surface area contributed by atoms with Gasteiger partial charge in [-0.1, -0.05) is 53.4 Å². The normalized spacial score (nSPS) is 11.3. The van der Waals surface area contributed by atoms with E-state index in [4.69, 9.17) is 0 Å². The van der Waals surface area contributed by atoms with Crippen molar-refractivity contribution >= 4 is 10.1 Å². The van der Waals surface area contributed by atoms with Gasteiger partial charge in [0, 0.05) is 0 Å². The molecule has 0 fully saturated rings. The van der Waals surface area contributed by atoms with Crippen molar-refractivity contribution in [1.82, 2.24) is 0 Å². The average Bonchev–Trinajstić information content (AvgIpc) is 2.44. The fourth-order valence-electron chi connectivity index (χ4n) is 3.21. The van der Waals surface area contributed by atoms with Crippen LogP contribution in [-0.4, -0.2) is 13.0 Å². The second-order valence-electron chi connectivity index (χ2n) is 5.92. The van der Waals surface area contributed by atoms with Gasteiger partial charge in [-0.2, -0.15) is 0 Å². The monoisotopic (exact) mass is 348 g/mol. The average molecular weight is 348 g/mol. The molecule has 0 atom stereocenters. The Morgan fingerprint density at radius 3 is 1.65 bits per heavy atom. The first-order chi connectivity index (χ1) is 10.4. The molecule has 3 nitrogen and oxygen atoms in total. The Bertz CT molecular complexity index is 595. The van der Waals surface area contributed by atoms with Gasteiger partial charge in [-0.05, 0) is 54.0 Å². The Labute approximate surface area is 164 Å². The van der Waals surface area contributed by atoms with Crippen LogP contribution in [0.4, 0.5) is 0 Å². The maximum absolute atomic E-state index is 11.8. The van der Waals surface area contributed by atoms with Crippen LogP contribution in [0.25, 0.3) is 0 Å². The summed E-state index contributed by atoms with van der Waals surface area (Å²) >= 11 is 0. The van der Waals surface area contributed by atoms with Crippen LogP contribution in [0.1, 0.15) is 75.6 Å². The summed E-state index contributed by atoms with van der Waals surface area (Å²) in [5.41, 5.74) is 4.26. The summed E-state index contributed by atoms with van der Waals surface area (Å²) in [6.07, 6.45) is 7.09. The molecule has 0 aromatic heterocycles. The van der Waals surface area contributed by atoms with E-state index >= 15 is 0 Å². The summed E-state index contributed by atoms with van der Waals surface area (Å²) in [6.45, 7) is 8.35. The first-order valence-electron chi connectivity index (χ1n) is 8.52. The largest absolute Gasteiger partial charge is 1.00 e. The van der Waals surface area contributed by atoms with Crippen LogP contribution in [0.2, 0.25) is 0 Å². The number of aryl methyl sites for hydroxylation is 1. The first-order valence-corrected chi connectivity index (χ1v) is 9.93. The van der Waals surface area contributed by atoms with Crippen molar-refractivity contribution in [3.05, 3.63) is 28.3 Å². The molecule has 0 amide bonds. The van der Waals surface area contributed by atoms with Crippen molar-refractivity contribution < 1.29 is 42.5 Å². The third-order valence-electron chi connectivity index (χ3n) is 4.01. The molecule has 5 heteroatoms. The summed E-state index contributed by atoms with van der Waals surface area (Å²) in [6, 6.07) is 1.67. The first kappa shape index (κ1) is 23.1. The van der Waals surface area contributed by atoms with Crippen molar-refractivity contribution in [1.29, 1.82) is 0 Å². The minimum absolute atomic E-state index is 0.